The van der Waals surface area contributed by atoms with Crippen molar-refractivity contribution in [3.05, 3.63) is 54.1 Å². The van der Waals surface area contributed by atoms with Gasteiger partial charge in [-0.15, -0.1) is 0 Å². The number of fused-ring (bicyclic) bond motifs is 1. The minimum absolute atomic E-state index is 0.118. The first kappa shape index (κ1) is 21.0. The molecule has 1 saturated carbocycles. The number of ether oxygens (including phenoxy) is 1. The summed E-state index contributed by atoms with van der Waals surface area (Å²) in [6, 6.07) is 5.75. The van der Waals surface area contributed by atoms with E-state index in [-0.39, 0.29) is 6.10 Å². The molecule has 1 aliphatic carbocycles. The lowest BCUT2D eigenvalue weighted by Gasteiger charge is -2.36. The zero-order valence-electron chi connectivity index (χ0n) is 18.1. The number of morpholine rings is 1. The Bertz CT molecular complexity index is 1350. The number of alkyl halides is 3. The number of rotatable bonds is 4. The maximum atomic E-state index is 13.2. The number of halogens is 3. The highest BCUT2D eigenvalue weighted by Crippen LogP contribution is 2.39. The van der Waals surface area contributed by atoms with Gasteiger partial charge in [0, 0.05) is 24.2 Å². The third kappa shape index (κ3) is 3.87. The molecule has 2 fully saturated rings. The van der Waals surface area contributed by atoms with E-state index < -0.39 is 18.0 Å². The van der Waals surface area contributed by atoms with Crippen LogP contribution in [0.3, 0.4) is 0 Å². The number of anilines is 1. The standard InChI is InChI=1S/C22H20F3N7O2/c1-12-10-31(11-16(33-12)21-28-20(30-34-21)13-2-3-13)19-8-14(6-7-26-19)15-9-27-18-5-4-17(22(23,24)25)29-32(15)18/h4-9,12-13,16H,2-3,10-11H2,1H3/t12-,16-/m0/s1. The SMILES string of the molecule is C[C@H]1CN(c2cc(-c3cnc4ccc(C(F)(F)F)nn34)ccn2)C[C@@H](c2nc(C3CC3)no2)O1. The fourth-order valence-corrected chi connectivity index (χ4v) is 4.13. The second-order valence-corrected chi connectivity index (χ2v) is 8.64. The van der Waals surface area contributed by atoms with Crippen LogP contribution < -0.4 is 4.90 Å². The van der Waals surface area contributed by atoms with Crippen LogP contribution in [-0.2, 0) is 10.9 Å². The molecule has 176 valence electrons. The van der Waals surface area contributed by atoms with Crippen molar-refractivity contribution in [3.8, 4) is 11.3 Å². The van der Waals surface area contributed by atoms with E-state index in [9.17, 15) is 13.2 Å². The lowest BCUT2D eigenvalue weighted by atomic mass is 10.1. The number of aromatic nitrogens is 6. The summed E-state index contributed by atoms with van der Waals surface area (Å²) in [6.45, 7) is 2.99. The third-order valence-corrected chi connectivity index (χ3v) is 5.95. The molecule has 2 atom stereocenters. The van der Waals surface area contributed by atoms with Crippen LogP contribution >= 0.6 is 0 Å². The van der Waals surface area contributed by atoms with Gasteiger partial charge in [0.05, 0.1) is 24.5 Å². The Hall–Kier alpha value is -3.54. The van der Waals surface area contributed by atoms with E-state index in [4.69, 9.17) is 9.26 Å². The molecule has 1 saturated heterocycles. The molecule has 9 nitrogen and oxygen atoms in total. The zero-order valence-corrected chi connectivity index (χ0v) is 18.1. The van der Waals surface area contributed by atoms with Crippen LogP contribution in [0.15, 0.2) is 41.2 Å². The quantitative estimate of drug-likeness (QED) is 0.440. The number of hydrogen-bond acceptors (Lipinski definition) is 8. The maximum absolute atomic E-state index is 13.2. The van der Waals surface area contributed by atoms with Crippen molar-refractivity contribution in [3.63, 3.8) is 0 Å². The van der Waals surface area contributed by atoms with Crippen molar-refractivity contribution in [1.29, 1.82) is 0 Å². The van der Waals surface area contributed by atoms with E-state index in [1.165, 1.54) is 16.8 Å². The second kappa shape index (κ2) is 7.76. The van der Waals surface area contributed by atoms with Gasteiger partial charge in [0.25, 0.3) is 5.89 Å². The molecule has 12 heteroatoms. The predicted octanol–water partition coefficient (Wildman–Crippen LogP) is 4.04. The van der Waals surface area contributed by atoms with E-state index in [0.29, 0.717) is 47.6 Å². The molecule has 0 bridgehead atoms. The van der Waals surface area contributed by atoms with Gasteiger partial charge in [-0.3, -0.25) is 0 Å². The molecule has 2 aliphatic rings. The first-order chi connectivity index (χ1) is 16.3. The van der Waals surface area contributed by atoms with Crippen LogP contribution in [0.1, 0.15) is 49.2 Å². The second-order valence-electron chi connectivity index (χ2n) is 8.64. The molecule has 5 heterocycles. The minimum Gasteiger partial charge on any atom is -0.362 e. The minimum atomic E-state index is -4.55. The molecule has 4 aromatic heterocycles. The van der Waals surface area contributed by atoms with Gasteiger partial charge in [0.1, 0.15) is 5.82 Å². The third-order valence-electron chi connectivity index (χ3n) is 5.95. The van der Waals surface area contributed by atoms with Crippen molar-refractivity contribution in [2.24, 2.45) is 0 Å². The summed E-state index contributed by atoms with van der Waals surface area (Å²) in [5.41, 5.74) is 0.426. The monoisotopic (exact) mass is 471 g/mol. The van der Waals surface area contributed by atoms with Crippen molar-refractivity contribution in [2.75, 3.05) is 18.0 Å². The van der Waals surface area contributed by atoms with Gasteiger partial charge >= 0.3 is 6.18 Å². The highest BCUT2D eigenvalue weighted by molar-refractivity contribution is 5.66. The summed E-state index contributed by atoms with van der Waals surface area (Å²) >= 11 is 0. The summed E-state index contributed by atoms with van der Waals surface area (Å²) in [4.78, 5) is 15.2. The zero-order chi connectivity index (χ0) is 23.4. The molecule has 6 rings (SSSR count). The van der Waals surface area contributed by atoms with E-state index in [1.807, 2.05) is 17.9 Å². The number of pyridine rings is 1. The largest absolute Gasteiger partial charge is 0.435 e. The Labute approximate surface area is 191 Å². The van der Waals surface area contributed by atoms with Gasteiger partial charge in [0.2, 0.25) is 0 Å². The summed E-state index contributed by atoms with van der Waals surface area (Å²) in [6.07, 6.45) is 0.202. The Balaban J connectivity index is 1.30. The van der Waals surface area contributed by atoms with Crippen LogP contribution in [0.2, 0.25) is 0 Å². The molecule has 1 aliphatic heterocycles. The molecule has 0 spiro atoms. The van der Waals surface area contributed by atoms with Crippen molar-refractivity contribution in [1.82, 2.24) is 29.7 Å². The van der Waals surface area contributed by atoms with E-state index in [2.05, 4.69) is 25.2 Å². The summed E-state index contributed by atoms with van der Waals surface area (Å²) in [7, 11) is 0. The highest BCUT2D eigenvalue weighted by atomic mass is 19.4. The number of hydrogen-bond donors (Lipinski definition) is 0. The normalized spacial score (nSPS) is 21.4. The Morgan fingerprint density at radius 2 is 1.94 bits per heavy atom. The van der Waals surface area contributed by atoms with Gasteiger partial charge in [-0.2, -0.15) is 23.3 Å². The molecular formula is C22H20F3N7O2. The molecule has 0 radical (unpaired) electrons. The maximum Gasteiger partial charge on any atom is 0.435 e. The van der Waals surface area contributed by atoms with Gasteiger partial charge in [-0.05, 0) is 44.0 Å². The summed E-state index contributed by atoms with van der Waals surface area (Å²) in [5, 5.41) is 7.84. The summed E-state index contributed by atoms with van der Waals surface area (Å²) < 4.78 is 52.3. The van der Waals surface area contributed by atoms with Crippen LogP contribution in [0.25, 0.3) is 16.9 Å². The smallest absolute Gasteiger partial charge is 0.362 e. The number of nitrogens with zero attached hydrogens (tertiary/aromatic N) is 7. The molecule has 0 aromatic carbocycles. The fraction of sp³-hybridized carbons (Fsp3) is 0.409. The topological polar surface area (TPSA) is 94.5 Å². The lowest BCUT2D eigenvalue weighted by Crippen LogP contribution is -2.43. The fourth-order valence-electron chi connectivity index (χ4n) is 4.13. The highest BCUT2D eigenvalue weighted by Gasteiger charge is 2.35. The lowest BCUT2D eigenvalue weighted by molar-refractivity contribution is -0.141. The molecule has 4 aromatic rings. The van der Waals surface area contributed by atoms with Crippen LogP contribution in [0.4, 0.5) is 19.0 Å². The van der Waals surface area contributed by atoms with Crippen molar-refractivity contribution < 1.29 is 22.4 Å². The molecular weight excluding hydrogens is 451 g/mol. The first-order valence-electron chi connectivity index (χ1n) is 11.0. The van der Waals surface area contributed by atoms with E-state index in [1.54, 1.807) is 12.3 Å². The van der Waals surface area contributed by atoms with Gasteiger partial charge in [0.15, 0.2) is 23.3 Å². The van der Waals surface area contributed by atoms with Gasteiger partial charge < -0.3 is 14.2 Å². The predicted molar refractivity (Wildman–Crippen MR) is 113 cm³/mol. The van der Waals surface area contributed by atoms with Crippen molar-refractivity contribution >= 4 is 11.5 Å². The van der Waals surface area contributed by atoms with Gasteiger partial charge in [-0.1, -0.05) is 5.16 Å². The molecule has 34 heavy (non-hydrogen) atoms. The molecule has 0 N–H and O–H groups in total. The van der Waals surface area contributed by atoms with Crippen LogP contribution in [0, 0.1) is 0 Å². The summed E-state index contributed by atoms with van der Waals surface area (Å²) in [5.74, 6) is 2.20. The average Bonchev–Trinajstić information content (AvgIpc) is 3.39. The average molecular weight is 471 g/mol. The Morgan fingerprint density at radius 3 is 2.74 bits per heavy atom. The van der Waals surface area contributed by atoms with E-state index in [0.717, 1.165) is 24.7 Å². The van der Waals surface area contributed by atoms with Gasteiger partial charge in [-0.25, -0.2) is 14.5 Å². The Kier molecular flexibility index (Phi) is 4.80. The van der Waals surface area contributed by atoms with Crippen LogP contribution in [0.5, 0.6) is 0 Å². The number of imidazole rings is 1. The van der Waals surface area contributed by atoms with E-state index >= 15 is 0 Å². The van der Waals surface area contributed by atoms with Crippen molar-refractivity contribution in [2.45, 2.75) is 44.1 Å². The molecule has 0 unspecified atom stereocenters. The van der Waals surface area contributed by atoms with Crippen LogP contribution in [-0.4, -0.2) is 48.9 Å². The molecule has 0 amide bonds. The Morgan fingerprint density at radius 1 is 1.09 bits per heavy atom. The first-order valence-corrected chi connectivity index (χ1v) is 11.0.